The lowest BCUT2D eigenvalue weighted by atomic mass is 9.93. The van der Waals surface area contributed by atoms with Crippen LogP contribution < -0.4 is 10.1 Å². The quantitative estimate of drug-likeness (QED) is 0.362. The number of nitrogens with zero attached hydrogens (tertiary/aromatic N) is 2. The van der Waals surface area contributed by atoms with E-state index in [1.807, 2.05) is 6.92 Å². The molecule has 0 saturated carbocycles. The van der Waals surface area contributed by atoms with Gasteiger partial charge in [-0.3, -0.25) is 0 Å². The molecular weight excluding hydrogens is 461 g/mol. The van der Waals surface area contributed by atoms with Gasteiger partial charge in [0.05, 0.1) is 18.5 Å². The number of pyridine rings is 1. The summed E-state index contributed by atoms with van der Waals surface area (Å²) in [6, 6.07) is 9.57. The molecule has 0 bridgehead atoms. The molecule has 3 N–H and O–H groups in total. The van der Waals surface area contributed by atoms with Crippen molar-refractivity contribution in [2.45, 2.75) is 6.92 Å². The maximum atomic E-state index is 14.9. The van der Waals surface area contributed by atoms with Gasteiger partial charge in [0.15, 0.2) is 17.4 Å². The van der Waals surface area contributed by atoms with Crippen LogP contribution in [0.4, 0.5) is 18.9 Å². The summed E-state index contributed by atoms with van der Waals surface area (Å²) in [5, 5.41) is 12.6. The second-order valence-corrected chi connectivity index (χ2v) is 8.62. The molecule has 5 rings (SSSR count). The number of hydrogen-bond acceptors (Lipinski definition) is 6. The van der Waals surface area contributed by atoms with E-state index in [0.717, 1.165) is 12.1 Å². The average molecular weight is 482 g/mol. The molecule has 2 aromatic heterocycles. The maximum Gasteiger partial charge on any atom is 0.289 e. The number of anilines is 1. The first kappa shape index (κ1) is 22.7. The summed E-state index contributed by atoms with van der Waals surface area (Å²) in [6.45, 7) is 2.25. The summed E-state index contributed by atoms with van der Waals surface area (Å²) in [5.74, 6) is -2.67. The first-order chi connectivity index (χ1) is 16.8. The molecule has 0 aliphatic carbocycles. The number of fused-ring (bicyclic) bond motifs is 1. The molecule has 4 aromatic rings. The first-order valence-electron chi connectivity index (χ1n) is 10.8. The number of ether oxygens (including phenoxy) is 2. The zero-order chi connectivity index (χ0) is 24.6. The Balaban J connectivity index is 1.43. The number of aliphatic imine (C=N–C) groups is 1. The molecule has 0 spiro atoms. The summed E-state index contributed by atoms with van der Waals surface area (Å²) in [6.07, 6.45) is 3.12. The van der Waals surface area contributed by atoms with Gasteiger partial charge in [0.25, 0.3) is 6.02 Å². The Morgan fingerprint density at radius 1 is 1.14 bits per heavy atom. The van der Waals surface area contributed by atoms with Gasteiger partial charge < -0.3 is 24.9 Å². The van der Waals surface area contributed by atoms with Crippen molar-refractivity contribution in [3.8, 4) is 22.6 Å². The van der Waals surface area contributed by atoms with Crippen molar-refractivity contribution >= 4 is 22.7 Å². The van der Waals surface area contributed by atoms with Crippen LogP contribution in [0.3, 0.4) is 0 Å². The zero-order valence-electron chi connectivity index (χ0n) is 18.6. The van der Waals surface area contributed by atoms with Gasteiger partial charge in [-0.25, -0.2) is 23.1 Å². The fraction of sp³-hybridized carbons (Fsp3) is 0.200. The highest BCUT2D eigenvalue weighted by atomic mass is 19.1. The Labute approximate surface area is 198 Å². The summed E-state index contributed by atoms with van der Waals surface area (Å²) >= 11 is 0. The predicted octanol–water partition coefficient (Wildman–Crippen LogP) is 5.24. The Morgan fingerprint density at radius 2 is 1.89 bits per heavy atom. The van der Waals surface area contributed by atoms with Crippen LogP contribution >= 0.6 is 0 Å². The highest BCUT2D eigenvalue weighted by molar-refractivity contribution is 5.98. The summed E-state index contributed by atoms with van der Waals surface area (Å²) in [5.41, 5.74) is 1.36. The summed E-state index contributed by atoms with van der Waals surface area (Å²) < 4.78 is 54.4. The third-order valence-electron chi connectivity index (χ3n) is 5.70. The lowest BCUT2D eigenvalue weighted by Gasteiger charge is -2.30. The molecular formula is C25H21F3N4O3. The van der Waals surface area contributed by atoms with Crippen LogP contribution in [-0.2, 0) is 4.74 Å². The number of aromatic amines is 1. The minimum absolute atomic E-state index is 0.0900. The van der Waals surface area contributed by atoms with E-state index in [2.05, 4.69) is 20.3 Å². The largest absolute Gasteiger partial charge is 0.464 e. The highest BCUT2D eigenvalue weighted by Crippen LogP contribution is 2.38. The monoisotopic (exact) mass is 482 g/mol. The van der Waals surface area contributed by atoms with Crippen LogP contribution in [0.2, 0.25) is 0 Å². The maximum absolute atomic E-state index is 14.9. The number of rotatable bonds is 5. The van der Waals surface area contributed by atoms with E-state index >= 15 is 0 Å². The molecule has 7 nitrogen and oxygen atoms in total. The van der Waals surface area contributed by atoms with Crippen LogP contribution in [0.25, 0.3) is 22.2 Å². The van der Waals surface area contributed by atoms with Crippen molar-refractivity contribution in [1.29, 1.82) is 0 Å². The molecule has 0 radical (unpaired) electrons. The molecule has 35 heavy (non-hydrogen) atoms. The molecule has 0 unspecified atom stereocenters. The molecule has 0 fully saturated rings. The Hall–Kier alpha value is -4.05. The molecule has 0 amide bonds. The fourth-order valence-electron chi connectivity index (χ4n) is 3.70. The van der Waals surface area contributed by atoms with Gasteiger partial charge in [0, 0.05) is 41.2 Å². The van der Waals surface area contributed by atoms with Crippen LogP contribution in [0.5, 0.6) is 11.5 Å². The second-order valence-electron chi connectivity index (χ2n) is 8.62. The number of benzene rings is 2. The van der Waals surface area contributed by atoms with Crippen LogP contribution in [-0.4, -0.2) is 40.9 Å². The minimum atomic E-state index is -0.937. The Bertz CT molecular complexity index is 1400. The van der Waals surface area contributed by atoms with Crippen LogP contribution in [0.1, 0.15) is 6.92 Å². The molecule has 1 aliphatic heterocycles. The number of hydrogen-bond donors (Lipinski definition) is 3. The van der Waals surface area contributed by atoms with Crippen molar-refractivity contribution in [3.05, 3.63) is 72.3 Å². The van der Waals surface area contributed by atoms with Gasteiger partial charge in [-0.15, -0.1) is 0 Å². The molecule has 1 atom stereocenters. The molecule has 1 aliphatic rings. The number of halogens is 3. The molecule has 0 saturated heterocycles. The van der Waals surface area contributed by atoms with E-state index < -0.39 is 22.8 Å². The van der Waals surface area contributed by atoms with Gasteiger partial charge in [0.1, 0.15) is 23.8 Å². The molecule has 10 heteroatoms. The van der Waals surface area contributed by atoms with E-state index in [9.17, 15) is 18.3 Å². The van der Waals surface area contributed by atoms with E-state index in [1.54, 1.807) is 18.3 Å². The first-order valence-corrected chi connectivity index (χ1v) is 10.8. The fourth-order valence-corrected chi connectivity index (χ4v) is 3.70. The third-order valence-corrected chi connectivity index (χ3v) is 5.70. The van der Waals surface area contributed by atoms with Crippen molar-refractivity contribution in [2.75, 3.05) is 25.1 Å². The summed E-state index contributed by atoms with van der Waals surface area (Å²) in [4.78, 5) is 11.4. The summed E-state index contributed by atoms with van der Waals surface area (Å²) in [7, 11) is 0. The minimum Gasteiger partial charge on any atom is -0.464 e. The molecule has 180 valence electrons. The zero-order valence-corrected chi connectivity index (χ0v) is 18.6. The normalized spacial score (nSPS) is 17.7. The van der Waals surface area contributed by atoms with Crippen molar-refractivity contribution < 1.29 is 27.8 Å². The van der Waals surface area contributed by atoms with E-state index in [1.165, 1.54) is 24.4 Å². The number of aromatic nitrogens is 2. The second kappa shape index (κ2) is 8.95. The van der Waals surface area contributed by atoms with Gasteiger partial charge in [-0.2, -0.15) is 0 Å². The SMILES string of the molecule is C[C@]1(CO)CN=C(Nc2cc(F)c(Oc3ccnc4[nH]cc(-c5ccc(F)cc5)c34)c(F)c2)OC1. The third kappa shape index (κ3) is 4.52. The van der Waals surface area contributed by atoms with Gasteiger partial charge >= 0.3 is 0 Å². The topological polar surface area (TPSA) is 91.8 Å². The van der Waals surface area contributed by atoms with Crippen molar-refractivity contribution in [3.63, 3.8) is 0 Å². The van der Waals surface area contributed by atoms with Crippen molar-refractivity contribution in [2.24, 2.45) is 10.4 Å². The standard InChI is InChI=1S/C25H21F3N4O3/c1-25(12-33)11-31-24(34-13-25)32-16-8-18(27)22(19(28)9-16)35-20-6-7-29-23-21(20)17(10-30-23)14-2-4-15(26)5-3-14/h2-10,33H,11-13H2,1H3,(H,29,30)(H,31,32)/t25-/m1/s1. The van der Waals surface area contributed by atoms with Crippen LogP contribution in [0.15, 0.2) is 59.9 Å². The van der Waals surface area contributed by atoms with E-state index in [4.69, 9.17) is 9.47 Å². The lowest BCUT2D eigenvalue weighted by Crippen LogP contribution is -2.38. The number of H-pyrrole nitrogens is 1. The number of nitrogens with one attached hydrogen (secondary N) is 2. The highest BCUT2D eigenvalue weighted by Gasteiger charge is 2.29. The van der Waals surface area contributed by atoms with Gasteiger partial charge in [-0.05, 0) is 23.8 Å². The molecule has 3 heterocycles. The van der Waals surface area contributed by atoms with Gasteiger partial charge in [-0.1, -0.05) is 19.1 Å². The number of aliphatic hydroxyl groups excluding tert-OH is 1. The van der Waals surface area contributed by atoms with Crippen LogP contribution in [0, 0.1) is 22.9 Å². The Morgan fingerprint density at radius 3 is 2.54 bits per heavy atom. The predicted molar refractivity (Wildman–Crippen MR) is 125 cm³/mol. The van der Waals surface area contributed by atoms with Gasteiger partial charge in [0.2, 0.25) is 0 Å². The average Bonchev–Trinajstić information content (AvgIpc) is 3.29. The Kier molecular flexibility index (Phi) is 5.81. The van der Waals surface area contributed by atoms with Crippen molar-refractivity contribution in [1.82, 2.24) is 9.97 Å². The lowest BCUT2D eigenvalue weighted by molar-refractivity contribution is 0.0706. The smallest absolute Gasteiger partial charge is 0.289 e. The van der Waals surface area contributed by atoms with E-state index in [-0.39, 0.29) is 36.5 Å². The number of aliphatic hydroxyl groups is 1. The molecule has 2 aromatic carbocycles. The van der Waals surface area contributed by atoms with E-state index in [0.29, 0.717) is 28.7 Å². The number of amidine groups is 1.